The second-order valence-electron chi connectivity index (χ2n) is 4.75. The molecular weight excluding hydrogens is 163 g/mol. The quantitative estimate of drug-likeness (QED) is 0.615. The molecule has 1 atom stereocenters. The van der Waals surface area contributed by atoms with E-state index in [0.29, 0.717) is 11.3 Å². The summed E-state index contributed by atoms with van der Waals surface area (Å²) < 4.78 is 13.2. The lowest BCUT2D eigenvalue weighted by Crippen LogP contribution is -1.91. The van der Waals surface area contributed by atoms with Gasteiger partial charge in [0.15, 0.2) is 0 Å². The van der Waals surface area contributed by atoms with Gasteiger partial charge in [0.2, 0.25) is 0 Å². The van der Waals surface area contributed by atoms with Gasteiger partial charge < -0.3 is 0 Å². The molecule has 0 aliphatic heterocycles. The lowest BCUT2D eigenvalue weighted by molar-refractivity contribution is 0.603. The van der Waals surface area contributed by atoms with Crippen molar-refractivity contribution < 1.29 is 4.39 Å². The van der Waals surface area contributed by atoms with Gasteiger partial charge in [-0.1, -0.05) is 26.0 Å². The lowest BCUT2D eigenvalue weighted by atomic mass is 10.0. The van der Waals surface area contributed by atoms with E-state index in [9.17, 15) is 4.39 Å². The maximum absolute atomic E-state index is 13.2. The van der Waals surface area contributed by atoms with E-state index in [1.54, 1.807) is 13.0 Å². The highest BCUT2D eigenvalue weighted by atomic mass is 19.1. The Kier molecular flexibility index (Phi) is 1.73. The smallest absolute Gasteiger partial charge is 0.126 e. The predicted molar refractivity (Wildman–Crippen MR) is 52.3 cm³/mol. The van der Waals surface area contributed by atoms with Crippen LogP contribution in [0.1, 0.15) is 37.3 Å². The topological polar surface area (TPSA) is 0 Å². The van der Waals surface area contributed by atoms with E-state index in [0.717, 1.165) is 11.1 Å². The Bertz CT molecular complexity index is 339. The molecule has 1 aromatic rings. The molecule has 0 bridgehead atoms. The lowest BCUT2D eigenvalue weighted by Gasteiger charge is -2.04. The molecular formula is C12H15F. The Balaban J connectivity index is 2.29. The van der Waals surface area contributed by atoms with Crippen molar-refractivity contribution in [3.63, 3.8) is 0 Å². The molecule has 1 aliphatic carbocycles. The van der Waals surface area contributed by atoms with Crippen LogP contribution >= 0.6 is 0 Å². The average molecular weight is 178 g/mol. The van der Waals surface area contributed by atoms with Crippen LogP contribution in [-0.2, 0) is 0 Å². The molecule has 1 heteroatoms. The minimum absolute atomic E-state index is 0.0693. The largest absolute Gasteiger partial charge is 0.207 e. The third-order valence-corrected chi connectivity index (χ3v) is 3.11. The molecule has 0 spiro atoms. The number of halogens is 1. The summed E-state index contributed by atoms with van der Waals surface area (Å²) in [6, 6.07) is 5.62. The minimum atomic E-state index is -0.0693. The number of benzene rings is 1. The SMILES string of the molecule is Cc1ccc([C@@H]2CC2(C)C)cc1F. The van der Waals surface area contributed by atoms with Crippen LogP contribution in [-0.4, -0.2) is 0 Å². The average Bonchev–Trinajstić information content (AvgIpc) is 2.66. The van der Waals surface area contributed by atoms with Gasteiger partial charge in [-0.25, -0.2) is 4.39 Å². The van der Waals surface area contributed by atoms with Crippen molar-refractivity contribution in [3.8, 4) is 0 Å². The van der Waals surface area contributed by atoms with Gasteiger partial charge in [-0.05, 0) is 41.9 Å². The number of aryl methyl sites for hydroxylation is 1. The van der Waals surface area contributed by atoms with E-state index in [4.69, 9.17) is 0 Å². The fourth-order valence-electron chi connectivity index (χ4n) is 1.86. The molecule has 13 heavy (non-hydrogen) atoms. The molecule has 1 fully saturated rings. The van der Waals surface area contributed by atoms with Gasteiger partial charge >= 0.3 is 0 Å². The maximum atomic E-state index is 13.2. The number of hydrogen-bond acceptors (Lipinski definition) is 0. The molecule has 0 heterocycles. The van der Waals surface area contributed by atoms with E-state index in [2.05, 4.69) is 19.9 Å². The summed E-state index contributed by atoms with van der Waals surface area (Å²) in [5, 5.41) is 0. The predicted octanol–water partition coefficient (Wildman–Crippen LogP) is 3.65. The van der Waals surface area contributed by atoms with Crippen LogP contribution in [0.2, 0.25) is 0 Å². The summed E-state index contributed by atoms with van der Waals surface area (Å²) in [6.07, 6.45) is 1.19. The second kappa shape index (κ2) is 2.57. The molecule has 70 valence electrons. The highest BCUT2D eigenvalue weighted by molar-refractivity contribution is 5.31. The van der Waals surface area contributed by atoms with Crippen LogP contribution in [0.15, 0.2) is 18.2 Å². The van der Waals surface area contributed by atoms with Gasteiger partial charge in [0.1, 0.15) is 5.82 Å². The van der Waals surface area contributed by atoms with Crippen molar-refractivity contribution in [1.82, 2.24) is 0 Å². The molecule has 1 saturated carbocycles. The van der Waals surface area contributed by atoms with Gasteiger partial charge in [0.25, 0.3) is 0 Å². The summed E-state index contributed by atoms with van der Waals surface area (Å²) in [6.45, 7) is 6.27. The van der Waals surface area contributed by atoms with E-state index in [1.165, 1.54) is 6.42 Å². The van der Waals surface area contributed by atoms with Crippen LogP contribution in [0.4, 0.5) is 4.39 Å². The minimum Gasteiger partial charge on any atom is -0.207 e. The molecule has 0 saturated heterocycles. The Labute approximate surface area is 78.8 Å². The van der Waals surface area contributed by atoms with Gasteiger partial charge in [-0.2, -0.15) is 0 Å². The Hall–Kier alpha value is -0.850. The third kappa shape index (κ3) is 1.48. The first kappa shape index (κ1) is 8.74. The number of rotatable bonds is 1. The molecule has 0 N–H and O–H groups in total. The monoisotopic (exact) mass is 178 g/mol. The van der Waals surface area contributed by atoms with Crippen molar-refractivity contribution >= 4 is 0 Å². The fraction of sp³-hybridized carbons (Fsp3) is 0.500. The van der Waals surface area contributed by atoms with Crippen LogP contribution < -0.4 is 0 Å². The van der Waals surface area contributed by atoms with E-state index >= 15 is 0 Å². The molecule has 0 aromatic heterocycles. The zero-order chi connectivity index (χ0) is 9.64. The molecule has 1 aliphatic rings. The summed E-state index contributed by atoms with van der Waals surface area (Å²) in [5.41, 5.74) is 2.29. The van der Waals surface area contributed by atoms with Crippen molar-refractivity contribution in [2.75, 3.05) is 0 Å². The molecule has 0 unspecified atom stereocenters. The highest BCUT2D eigenvalue weighted by Crippen LogP contribution is 2.58. The van der Waals surface area contributed by atoms with Crippen molar-refractivity contribution in [1.29, 1.82) is 0 Å². The van der Waals surface area contributed by atoms with Gasteiger partial charge in [-0.3, -0.25) is 0 Å². The first-order chi connectivity index (χ1) is 6.00. The van der Waals surface area contributed by atoms with Crippen LogP contribution in [0.5, 0.6) is 0 Å². The first-order valence-corrected chi connectivity index (χ1v) is 4.77. The van der Waals surface area contributed by atoms with Crippen LogP contribution in [0.3, 0.4) is 0 Å². The van der Waals surface area contributed by atoms with Crippen molar-refractivity contribution in [2.45, 2.75) is 33.1 Å². The summed E-state index contributed by atoms with van der Waals surface area (Å²) in [5.74, 6) is 0.503. The Morgan fingerprint density at radius 1 is 1.38 bits per heavy atom. The van der Waals surface area contributed by atoms with Gasteiger partial charge in [0.05, 0.1) is 0 Å². The van der Waals surface area contributed by atoms with E-state index < -0.39 is 0 Å². The summed E-state index contributed by atoms with van der Waals surface area (Å²) >= 11 is 0. The van der Waals surface area contributed by atoms with Crippen molar-refractivity contribution in [3.05, 3.63) is 35.1 Å². The third-order valence-electron chi connectivity index (χ3n) is 3.11. The fourth-order valence-corrected chi connectivity index (χ4v) is 1.86. The molecule has 0 nitrogen and oxygen atoms in total. The van der Waals surface area contributed by atoms with Gasteiger partial charge in [-0.15, -0.1) is 0 Å². The van der Waals surface area contributed by atoms with E-state index in [-0.39, 0.29) is 5.82 Å². The van der Waals surface area contributed by atoms with Crippen LogP contribution in [0, 0.1) is 18.2 Å². The Morgan fingerprint density at radius 2 is 2.00 bits per heavy atom. The molecule has 0 radical (unpaired) electrons. The highest BCUT2D eigenvalue weighted by Gasteiger charge is 2.46. The summed E-state index contributed by atoms with van der Waals surface area (Å²) in [4.78, 5) is 0. The molecule has 1 aromatic carbocycles. The number of hydrogen-bond donors (Lipinski definition) is 0. The summed E-state index contributed by atoms with van der Waals surface area (Å²) in [7, 11) is 0. The molecule has 2 rings (SSSR count). The van der Waals surface area contributed by atoms with E-state index in [1.807, 2.05) is 6.07 Å². The molecule has 0 amide bonds. The Morgan fingerprint density at radius 3 is 2.46 bits per heavy atom. The first-order valence-electron chi connectivity index (χ1n) is 4.77. The van der Waals surface area contributed by atoms with Crippen molar-refractivity contribution in [2.24, 2.45) is 5.41 Å². The van der Waals surface area contributed by atoms with Crippen LogP contribution in [0.25, 0.3) is 0 Å². The maximum Gasteiger partial charge on any atom is 0.126 e. The zero-order valence-electron chi connectivity index (χ0n) is 8.39. The zero-order valence-corrected chi connectivity index (χ0v) is 8.39. The second-order valence-corrected chi connectivity index (χ2v) is 4.75. The normalized spacial score (nSPS) is 24.5. The standard InChI is InChI=1S/C12H15F/c1-8-4-5-9(6-11(8)13)10-7-12(10,2)3/h4-6,10H,7H2,1-3H3/t10-/m0/s1. The van der Waals surface area contributed by atoms with Gasteiger partial charge in [0, 0.05) is 0 Å².